The van der Waals surface area contributed by atoms with Crippen LogP contribution in [0.4, 0.5) is 10.1 Å². The van der Waals surface area contributed by atoms with Crippen molar-refractivity contribution in [3.63, 3.8) is 0 Å². The zero-order valence-corrected chi connectivity index (χ0v) is 11.7. The lowest BCUT2D eigenvalue weighted by atomic mass is 10.1. The van der Waals surface area contributed by atoms with Crippen LogP contribution >= 0.6 is 0 Å². The standard InChI is InChI=1S/C12H19FN2O3S/c1-8(2)5-10(16)7-15-19(17,18)12-4-3-9(13)6-11(12)14/h3-4,6,8,10,15-16H,5,7,14H2,1-2H3. The Labute approximate surface area is 112 Å². The van der Waals surface area contributed by atoms with Gasteiger partial charge in [0.15, 0.2) is 0 Å². The van der Waals surface area contributed by atoms with Crippen molar-refractivity contribution in [2.75, 3.05) is 12.3 Å². The number of aliphatic hydroxyl groups excluding tert-OH is 1. The molecule has 1 atom stereocenters. The number of anilines is 1. The van der Waals surface area contributed by atoms with Crippen LogP contribution in [-0.2, 0) is 10.0 Å². The van der Waals surface area contributed by atoms with Crippen molar-refractivity contribution >= 4 is 15.7 Å². The van der Waals surface area contributed by atoms with Crippen LogP contribution in [-0.4, -0.2) is 26.2 Å². The highest BCUT2D eigenvalue weighted by molar-refractivity contribution is 7.89. The number of halogens is 1. The van der Waals surface area contributed by atoms with Crippen LogP contribution in [0, 0.1) is 11.7 Å². The molecule has 0 spiro atoms. The van der Waals surface area contributed by atoms with Crippen LogP contribution in [0.25, 0.3) is 0 Å². The first kappa shape index (κ1) is 15.9. The molecule has 0 bridgehead atoms. The summed E-state index contributed by atoms with van der Waals surface area (Å²) in [6.45, 7) is 3.75. The molecule has 1 aromatic carbocycles. The maximum Gasteiger partial charge on any atom is 0.242 e. The lowest BCUT2D eigenvalue weighted by Crippen LogP contribution is -2.33. The van der Waals surface area contributed by atoms with Gasteiger partial charge in [-0.15, -0.1) is 0 Å². The zero-order chi connectivity index (χ0) is 14.6. The third-order valence-electron chi connectivity index (χ3n) is 2.51. The smallest absolute Gasteiger partial charge is 0.242 e. The minimum atomic E-state index is -3.84. The van der Waals surface area contributed by atoms with Crippen molar-refractivity contribution in [3.8, 4) is 0 Å². The van der Waals surface area contributed by atoms with Gasteiger partial charge >= 0.3 is 0 Å². The molecule has 0 aliphatic rings. The monoisotopic (exact) mass is 290 g/mol. The van der Waals surface area contributed by atoms with E-state index >= 15 is 0 Å². The second-order valence-electron chi connectivity index (χ2n) is 4.82. The Balaban J connectivity index is 2.76. The summed E-state index contributed by atoms with van der Waals surface area (Å²) in [5.41, 5.74) is 5.31. The van der Waals surface area contributed by atoms with Crippen LogP contribution in [0.2, 0.25) is 0 Å². The molecule has 7 heteroatoms. The Hall–Kier alpha value is -1.18. The van der Waals surface area contributed by atoms with Gasteiger partial charge in [-0.25, -0.2) is 17.5 Å². The molecule has 1 aromatic rings. The summed E-state index contributed by atoms with van der Waals surface area (Å²) >= 11 is 0. The predicted molar refractivity (Wildman–Crippen MR) is 71.5 cm³/mol. The van der Waals surface area contributed by atoms with E-state index in [2.05, 4.69) is 4.72 Å². The van der Waals surface area contributed by atoms with Crippen LogP contribution in [0.5, 0.6) is 0 Å². The van der Waals surface area contributed by atoms with E-state index in [1.165, 1.54) is 0 Å². The average Bonchev–Trinajstić information content (AvgIpc) is 2.25. The maximum atomic E-state index is 12.9. The van der Waals surface area contributed by atoms with E-state index in [1.54, 1.807) is 0 Å². The summed E-state index contributed by atoms with van der Waals surface area (Å²) in [6.07, 6.45) is -0.280. The molecule has 0 radical (unpaired) electrons. The number of nitrogens with one attached hydrogen (secondary N) is 1. The Morgan fingerprint density at radius 2 is 2.05 bits per heavy atom. The number of sulfonamides is 1. The van der Waals surface area contributed by atoms with Crippen molar-refractivity contribution in [1.82, 2.24) is 4.72 Å². The molecule has 0 aromatic heterocycles. The molecule has 0 aliphatic heterocycles. The highest BCUT2D eigenvalue weighted by Crippen LogP contribution is 2.19. The molecule has 1 unspecified atom stereocenters. The molecular formula is C12H19FN2O3S. The Bertz CT molecular complexity index is 532. The minimum absolute atomic E-state index is 0.0999. The first-order chi connectivity index (χ1) is 8.72. The van der Waals surface area contributed by atoms with Crippen LogP contribution < -0.4 is 10.5 Å². The number of nitrogens with two attached hydrogens (primary N) is 1. The highest BCUT2D eigenvalue weighted by atomic mass is 32.2. The molecule has 0 aliphatic carbocycles. The van der Waals surface area contributed by atoms with Gasteiger partial charge in [-0.1, -0.05) is 13.8 Å². The summed E-state index contributed by atoms with van der Waals surface area (Å²) in [4.78, 5) is -0.189. The molecule has 0 heterocycles. The topological polar surface area (TPSA) is 92.4 Å². The molecule has 4 N–H and O–H groups in total. The lowest BCUT2D eigenvalue weighted by Gasteiger charge is -2.14. The van der Waals surface area contributed by atoms with Gasteiger partial charge in [0.05, 0.1) is 11.8 Å². The first-order valence-electron chi connectivity index (χ1n) is 5.95. The summed E-state index contributed by atoms with van der Waals surface area (Å²) in [6, 6.07) is 3.07. The van der Waals surface area contributed by atoms with Gasteiger partial charge in [0, 0.05) is 6.54 Å². The predicted octanol–water partition coefficient (Wildman–Crippen LogP) is 1.09. The molecule has 1 rings (SSSR count). The average molecular weight is 290 g/mol. The minimum Gasteiger partial charge on any atom is -0.398 e. The Kier molecular flexibility index (Phi) is 5.28. The number of hydrogen-bond acceptors (Lipinski definition) is 4. The fourth-order valence-corrected chi connectivity index (χ4v) is 2.86. The summed E-state index contributed by atoms with van der Waals surface area (Å²) in [5, 5.41) is 9.63. The van der Waals surface area contributed by atoms with E-state index in [0.717, 1.165) is 18.2 Å². The third kappa shape index (κ3) is 4.77. The Morgan fingerprint density at radius 3 is 2.58 bits per heavy atom. The summed E-state index contributed by atoms with van der Waals surface area (Å²) in [7, 11) is -3.84. The molecule has 5 nitrogen and oxygen atoms in total. The van der Waals surface area contributed by atoms with E-state index in [1.807, 2.05) is 13.8 Å². The molecule has 0 amide bonds. The van der Waals surface area contributed by atoms with Gasteiger partial charge < -0.3 is 10.8 Å². The van der Waals surface area contributed by atoms with Gasteiger partial charge in [0.25, 0.3) is 0 Å². The van der Waals surface area contributed by atoms with Crippen molar-refractivity contribution in [1.29, 1.82) is 0 Å². The van der Waals surface area contributed by atoms with Crippen LogP contribution in [0.1, 0.15) is 20.3 Å². The summed E-state index contributed by atoms with van der Waals surface area (Å²) < 4.78 is 39.0. The van der Waals surface area contributed by atoms with Gasteiger partial charge in [-0.3, -0.25) is 0 Å². The van der Waals surface area contributed by atoms with Crippen molar-refractivity contribution in [2.45, 2.75) is 31.3 Å². The number of rotatable bonds is 6. The second-order valence-corrected chi connectivity index (χ2v) is 6.55. The quantitative estimate of drug-likeness (QED) is 0.684. The molecule has 0 fully saturated rings. The van der Waals surface area contributed by atoms with Crippen molar-refractivity contribution in [2.24, 2.45) is 5.92 Å². The van der Waals surface area contributed by atoms with E-state index < -0.39 is 21.9 Å². The third-order valence-corrected chi connectivity index (χ3v) is 4.01. The van der Waals surface area contributed by atoms with Crippen LogP contribution in [0.3, 0.4) is 0 Å². The SMILES string of the molecule is CC(C)CC(O)CNS(=O)(=O)c1ccc(F)cc1N. The van der Waals surface area contributed by atoms with E-state index in [4.69, 9.17) is 5.73 Å². The normalized spacial score (nSPS) is 13.7. The molecule has 19 heavy (non-hydrogen) atoms. The molecule has 0 saturated heterocycles. The van der Waals surface area contributed by atoms with E-state index in [0.29, 0.717) is 6.42 Å². The summed E-state index contributed by atoms with van der Waals surface area (Å²) in [5.74, 6) is -0.341. The first-order valence-corrected chi connectivity index (χ1v) is 7.43. The molecular weight excluding hydrogens is 271 g/mol. The number of benzene rings is 1. The maximum absolute atomic E-state index is 12.9. The van der Waals surface area contributed by atoms with E-state index in [9.17, 15) is 17.9 Å². The molecule has 0 saturated carbocycles. The van der Waals surface area contributed by atoms with Gasteiger partial charge in [0.1, 0.15) is 10.7 Å². The van der Waals surface area contributed by atoms with Gasteiger partial charge in [0.2, 0.25) is 10.0 Å². The van der Waals surface area contributed by atoms with Gasteiger partial charge in [-0.2, -0.15) is 0 Å². The van der Waals surface area contributed by atoms with Crippen molar-refractivity contribution < 1.29 is 17.9 Å². The Morgan fingerprint density at radius 1 is 1.42 bits per heavy atom. The van der Waals surface area contributed by atoms with Crippen LogP contribution in [0.15, 0.2) is 23.1 Å². The van der Waals surface area contributed by atoms with Crippen molar-refractivity contribution in [3.05, 3.63) is 24.0 Å². The largest absolute Gasteiger partial charge is 0.398 e. The fraction of sp³-hybridized carbons (Fsp3) is 0.500. The second kappa shape index (κ2) is 6.31. The number of nitrogen functional groups attached to an aromatic ring is 1. The number of aliphatic hydroxyl groups is 1. The zero-order valence-electron chi connectivity index (χ0n) is 10.9. The number of hydrogen-bond donors (Lipinski definition) is 3. The molecule has 108 valence electrons. The van der Waals surface area contributed by atoms with E-state index in [-0.39, 0.29) is 23.0 Å². The lowest BCUT2D eigenvalue weighted by molar-refractivity contribution is 0.152. The highest BCUT2D eigenvalue weighted by Gasteiger charge is 2.19. The van der Waals surface area contributed by atoms with Gasteiger partial charge in [-0.05, 0) is 30.5 Å². The fourth-order valence-electron chi connectivity index (χ4n) is 1.68.